The van der Waals surface area contributed by atoms with Crippen molar-refractivity contribution in [1.29, 1.82) is 0 Å². The molecule has 126 valence electrons. The van der Waals surface area contributed by atoms with Gasteiger partial charge in [-0.1, -0.05) is 6.08 Å². The molecule has 1 aliphatic rings. The summed E-state index contributed by atoms with van der Waals surface area (Å²) in [5.74, 6) is 1.82. The van der Waals surface area contributed by atoms with Crippen LogP contribution in [-0.4, -0.2) is 27.0 Å². The number of anilines is 1. The summed E-state index contributed by atoms with van der Waals surface area (Å²) in [5.41, 5.74) is 10.8. The Morgan fingerprint density at radius 3 is 2.76 bits per heavy atom. The normalized spacial score (nSPS) is 13.7. The second-order valence-corrected chi connectivity index (χ2v) is 5.98. The average molecular weight is 333 g/mol. The van der Waals surface area contributed by atoms with Gasteiger partial charge in [0.25, 0.3) is 0 Å². The highest BCUT2D eigenvalue weighted by molar-refractivity contribution is 5.81. The van der Waals surface area contributed by atoms with E-state index in [0.717, 1.165) is 41.2 Å². The molecule has 0 saturated heterocycles. The minimum atomic E-state index is 0.367. The van der Waals surface area contributed by atoms with Gasteiger partial charge in [-0.2, -0.15) is 0 Å². The van der Waals surface area contributed by atoms with Gasteiger partial charge in [-0.05, 0) is 43.0 Å². The van der Waals surface area contributed by atoms with E-state index in [1.54, 1.807) is 25.7 Å². The molecule has 6 nitrogen and oxygen atoms in total. The van der Waals surface area contributed by atoms with Gasteiger partial charge < -0.3 is 15.5 Å². The van der Waals surface area contributed by atoms with Gasteiger partial charge in [-0.25, -0.2) is 9.97 Å². The number of imidazole rings is 1. The molecule has 25 heavy (non-hydrogen) atoms. The predicted molar refractivity (Wildman–Crippen MR) is 97.8 cm³/mol. The lowest BCUT2D eigenvalue weighted by Crippen LogP contribution is -1.96. The highest BCUT2D eigenvalue weighted by Crippen LogP contribution is 2.35. The topological polar surface area (TPSA) is 89.7 Å². The van der Waals surface area contributed by atoms with E-state index in [0.29, 0.717) is 11.6 Å². The summed E-state index contributed by atoms with van der Waals surface area (Å²) in [6.45, 7) is 0. The third-order valence-electron chi connectivity index (χ3n) is 4.39. The molecule has 3 heterocycles. The number of nitrogen functional groups attached to an aromatic ring is 1. The number of aromatic nitrogens is 4. The van der Waals surface area contributed by atoms with Crippen molar-refractivity contribution in [3.63, 3.8) is 0 Å². The van der Waals surface area contributed by atoms with Gasteiger partial charge in [0.1, 0.15) is 5.82 Å². The second-order valence-electron chi connectivity index (χ2n) is 5.98. The van der Waals surface area contributed by atoms with Crippen molar-refractivity contribution >= 4 is 11.4 Å². The summed E-state index contributed by atoms with van der Waals surface area (Å²) in [6.07, 6.45) is 10.9. The minimum Gasteiger partial charge on any atom is -0.493 e. The Kier molecular flexibility index (Phi) is 3.93. The predicted octanol–water partition coefficient (Wildman–Crippen LogP) is 3.69. The largest absolute Gasteiger partial charge is 0.493 e. The quantitative estimate of drug-likeness (QED) is 0.760. The molecular weight excluding hydrogens is 314 g/mol. The maximum atomic E-state index is 5.85. The fourth-order valence-corrected chi connectivity index (χ4v) is 3.10. The molecule has 3 aromatic heterocycles. The highest BCUT2D eigenvalue weighted by Gasteiger charge is 2.19. The highest BCUT2D eigenvalue weighted by atomic mass is 16.5. The molecule has 3 aromatic rings. The van der Waals surface area contributed by atoms with E-state index >= 15 is 0 Å². The molecule has 0 bridgehead atoms. The number of rotatable bonds is 4. The number of nitrogens with two attached hydrogens (primary N) is 1. The first-order chi connectivity index (χ1) is 12.3. The van der Waals surface area contributed by atoms with Crippen LogP contribution in [-0.2, 0) is 0 Å². The Morgan fingerprint density at radius 2 is 2.04 bits per heavy atom. The third kappa shape index (κ3) is 2.87. The molecule has 4 rings (SSSR count). The number of allylic oxidation sites excluding steroid dienone is 2. The van der Waals surface area contributed by atoms with Gasteiger partial charge in [-0.3, -0.25) is 4.98 Å². The molecule has 0 spiro atoms. The zero-order valence-electron chi connectivity index (χ0n) is 14.0. The number of hydrogen-bond donors (Lipinski definition) is 2. The first-order valence-electron chi connectivity index (χ1n) is 8.26. The molecule has 0 saturated carbocycles. The third-order valence-corrected chi connectivity index (χ3v) is 4.39. The van der Waals surface area contributed by atoms with Crippen molar-refractivity contribution < 1.29 is 4.74 Å². The second kappa shape index (κ2) is 6.39. The molecule has 0 fully saturated rings. The zero-order chi connectivity index (χ0) is 17.2. The van der Waals surface area contributed by atoms with Crippen LogP contribution in [0.1, 0.15) is 25.1 Å². The summed E-state index contributed by atoms with van der Waals surface area (Å²) in [4.78, 5) is 16.7. The fraction of sp³-hybridized carbons (Fsp3) is 0.211. The summed E-state index contributed by atoms with van der Waals surface area (Å²) in [5, 5.41) is 0. The summed E-state index contributed by atoms with van der Waals surface area (Å²) >= 11 is 0. The van der Waals surface area contributed by atoms with Gasteiger partial charge >= 0.3 is 0 Å². The smallest absolute Gasteiger partial charge is 0.166 e. The minimum absolute atomic E-state index is 0.367. The first-order valence-corrected chi connectivity index (χ1v) is 8.26. The lowest BCUT2D eigenvalue weighted by Gasteiger charge is -2.07. The van der Waals surface area contributed by atoms with Crippen LogP contribution in [0.5, 0.6) is 5.75 Å². The SMILES string of the molecule is COc1cc(-c2nc(C3=CCCC3)[nH]c2-c2ccncc2)cnc1N. The van der Waals surface area contributed by atoms with Crippen LogP contribution < -0.4 is 10.5 Å². The van der Waals surface area contributed by atoms with Gasteiger partial charge in [0.2, 0.25) is 0 Å². The number of aromatic amines is 1. The van der Waals surface area contributed by atoms with Crippen molar-refractivity contribution in [3.05, 3.63) is 48.7 Å². The van der Waals surface area contributed by atoms with E-state index in [9.17, 15) is 0 Å². The van der Waals surface area contributed by atoms with Crippen molar-refractivity contribution in [2.24, 2.45) is 0 Å². The summed E-state index contributed by atoms with van der Waals surface area (Å²) in [7, 11) is 1.58. The Morgan fingerprint density at radius 1 is 1.20 bits per heavy atom. The Labute approximate surface area is 145 Å². The number of pyridine rings is 2. The van der Waals surface area contributed by atoms with Crippen LogP contribution in [0.4, 0.5) is 5.82 Å². The van der Waals surface area contributed by atoms with Crippen LogP contribution in [0.25, 0.3) is 28.1 Å². The number of methoxy groups -OCH3 is 1. The maximum absolute atomic E-state index is 5.85. The first kappa shape index (κ1) is 15.4. The molecule has 0 aliphatic heterocycles. The van der Waals surface area contributed by atoms with Crippen LogP contribution in [0.2, 0.25) is 0 Å². The molecule has 0 aromatic carbocycles. The molecule has 0 unspecified atom stereocenters. The van der Waals surface area contributed by atoms with E-state index in [4.69, 9.17) is 15.5 Å². The molecule has 6 heteroatoms. The van der Waals surface area contributed by atoms with Crippen molar-refractivity contribution in [3.8, 4) is 28.3 Å². The molecule has 0 amide bonds. The standard InChI is InChI=1S/C19H19N5O/c1-25-15-10-14(11-22-18(15)20)17-16(12-6-8-21-9-7-12)23-19(24-17)13-4-2-3-5-13/h4,6-11H,2-3,5H2,1H3,(H2,20,22)(H,23,24). The molecule has 0 atom stereocenters. The van der Waals surface area contributed by atoms with Gasteiger partial charge in [0, 0.05) is 29.7 Å². The van der Waals surface area contributed by atoms with E-state index in [-0.39, 0.29) is 0 Å². The van der Waals surface area contributed by atoms with Crippen LogP contribution in [0.3, 0.4) is 0 Å². The van der Waals surface area contributed by atoms with Crippen LogP contribution >= 0.6 is 0 Å². The van der Waals surface area contributed by atoms with E-state index < -0.39 is 0 Å². The monoisotopic (exact) mass is 333 g/mol. The Balaban J connectivity index is 1.88. The van der Waals surface area contributed by atoms with Gasteiger partial charge in [0.05, 0.1) is 18.5 Å². The fourth-order valence-electron chi connectivity index (χ4n) is 3.10. The van der Waals surface area contributed by atoms with E-state index in [1.807, 2.05) is 18.2 Å². The van der Waals surface area contributed by atoms with E-state index in [2.05, 4.69) is 21.0 Å². The molecular formula is C19H19N5O. The molecule has 0 radical (unpaired) electrons. The van der Waals surface area contributed by atoms with Crippen molar-refractivity contribution in [2.75, 3.05) is 12.8 Å². The van der Waals surface area contributed by atoms with Crippen LogP contribution in [0, 0.1) is 0 Å². The number of nitrogens with one attached hydrogen (secondary N) is 1. The maximum Gasteiger partial charge on any atom is 0.166 e. The molecule has 1 aliphatic carbocycles. The summed E-state index contributed by atoms with van der Waals surface area (Å²) < 4.78 is 5.31. The number of nitrogens with zero attached hydrogens (tertiary/aromatic N) is 3. The Hall–Kier alpha value is -3.15. The van der Waals surface area contributed by atoms with Gasteiger partial charge in [-0.15, -0.1) is 0 Å². The van der Waals surface area contributed by atoms with Gasteiger partial charge in [0.15, 0.2) is 11.6 Å². The van der Waals surface area contributed by atoms with Crippen molar-refractivity contribution in [1.82, 2.24) is 19.9 Å². The Bertz CT molecular complexity index is 930. The number of ether oxygens (including phenoxy) is 1. The number of H-pyrrole nitrogens is 1. The van der Waals surface area contributed by atoms with Crippen molar-refractivity contribution in [2.45, 2.75) is 19.3 Å². The lowest BCUT2D eigenvalue weighted by molar-refractivity contribution is 0.415. The number of hydrogen-bond acceptors (Lipinski definition) is 5. The zero-order valence-corrected chi connectivity index (χ0v) is 14.0. The molecule has 3 N–H and O–H groups in total. The van der Waals surface area contributed by atoms with Crippen LogP contribution in [0.15, 0.2) is 42.9 Å². The van der Waals surface area contributed by atoms with E-state index in [1.165, 1.54) is 12.0 Å². The average Bonchev–Trinajstić information content (AvgIpc) is 3.32. The lowest BCUT2D eigenvalue weighted by atomic mass is 10.1. The summed E-state index contributed by atoms with van der Waals surface area (Å²) in [6, 6.07) is 5.80.